The molecule has 0 bridgehead atoms. The Balaban J connectivity index is 1.31. The fourth-order valence-electron chi connectivity index (χ4n) is 5.48. The first-order chi connectivity index (χ1) is 19.8. The number of hydrogen-bond donors (Lipinski definition) is 0. The van der Waals surface area contributed by atoms with Gasteiger partial charge in [-0.1, -0.05) is 63.2 Å². The van der Waals surface area contributed by atoms with Crippen molar-refractivity contribution in [3.8, 4) is 22.6 Å². The number of carbonyl (C=O) groups is 1. The molecule has 6 rings (SSSR count). The zero-order valence-corrected chi connectivity index (χ0v) is 24.0. The van der Waals surface area contributed by atoms with E-state index in [1.165, 1.54) is 5.56 Å². The van der Waals surface area contributed by atoms with E-state index in [-0.39, 0.29) is 11.3 Å². The molecule has 3 heterocycles. The maximum atomic E-state index is 13.3. The summed E-state index contributed by atoms with van der Waals surface area (Å²) in [5.74, 6) is 1.78. The highest BCUT2D eigenvalue weighted by Gasteiger charge is 2.27. The van der Waals surface area contributed by atoms with Crippen LogP contribution in [0.15, 0.2) is 91.4 Å². The number of rotatable bonds is 5. The van der Waals surface area contributed by atoms with Gasteiger partial charge in [-0.15, -0.1) is 0 Å². The zero-order valence-electron chi connectivity index (χ0n) is 24.0. The lowest BCUT2D eigenvalue weighted by Crippen LogP contribution is -2.49. The predicted molar refractivity (Wildman–Crippen MR) is 164 cm³/mol. The van der Waals surface area contributed by atoms with Gasteiger partial charge in [0.15, 0.2) is 5.65 Å². The van der Waals surface area contributed by atoms with E-state index < -0.39 is 0 Å². The van der Waals surface area contributed by atoms with Crippen LogP contribution in [0, 0.1) is 0 Å². The smallest absolute Gasteiger partial charge is 0.253 e. The van der Waals surface area contributed by atoms with Crippen LogP contribution in [0.1, 0.15) is 36.7 Å². The second-order valence-electron chi connectivity index (χ2n) is 11.5. The average Bonchev–Trinajstić information content (AvgIpc) is 3.41. The van der Waals surface area contributed by atoms with Crippen molar-refractivity contribution >= 4 is 22.8 Å². The van der Waals surface area contributed by atoms with E-state index >= 15 is 0 Å². The molecule has 1 fully saturated rings. The van der Waals surface area contributed by atoms with Crippen LogP contribution in [0.25, 0.3) is 27.8 Å². The van der Waals surface area contributed by atoms with Crippen molar-refractivity contribution in [2.24, 2.45) is 0 Å². The quantitative estimate of drug-likeness (QED) is 0.257. The Kier molecular flexibility index (Phi) is 6.95. The lowest BCUT2D eigenvalue weighted by atomic mass is 9.86. The molecule has 7 heteroatoms. The molecule has 0 saturated carbocycles. The van der Waals surface area contributed by atoms with E-state index in [0.717, 1.165) is 45.0 Å². The number of fused-ring (bicyclic) bond motifs is 1. The SMILES string of the molecule is COc1ccc(-n2cc(-c3ccccc3)c3c(N4CCN(C(=O)c5ccc(C(C)(C)C)cc5)CC4)ncnc32)cc1. The molecule has 0 atom stereocenters. The minimum atomic E-state index is 0.0566. The Hall–Kier alpha value is -4.65. The minimum Gasteiger partial charge on any atom is -0.497 e. The summed E-state index contributed by atoms with van der Waals surface area (Å²) in [6.07, 6.45) is 3.78. The molecule has 0 N–H and O–H groups in total. The average molecular weight is 546 g/mol. The third-order valence-electron chi connectivity index (χ3n) is 7.86. The minimum absolute atomic E-state index is 0.0566. The maximum Gasteiger partial charge on any atom is 0.253 e. The van der Waals surface area contributed by atoms with Crippen LogP contribution in [0.3, 0.4) is 0 Å². The van der Waals surface area contributed by atoms with Crippen LogP contribution < -0.4 is 9.64 Å². The van der Waals surface area contributed by atoms with Crippen molar-refractivity contribution in [1.29, 1.82) is 0 Å². The Morgan fingerprint density at radius 2 is 1.51 bits per heavy atom. The monoisotopic (exact) mass is 545 g/mol. The summed E-state index contributed by atoms with van der Waals surface area (Å²) < 4.78 is 7.48. The topological polar surface area (TPSA) is 63.5 Å². The fourth-order valence-corrected chi connectivity index (χ4v) is 5.48. The van der Waals surface area contributed by atoms with Gasteiger partial charge in [0.1, 0.15) is 17.9 Å². The molecule has 1 saturated heterocycles. The van der Waals surface area contributed by atoms with Crippen LogP contribution in [0.2, 0.25) is 0 Å². The maximum absolute atomic E-state index is 13.3. The molecule has 208 valence electrons. The van der Waals surface area contributed by atoms with Crippen molar-refractivity contribution in [3.63, 3.8) is 0 Å². The molecule has 41 heavy (non-hydrogen) atoms. The van der Waals surface area contributed by atoms with E-state index in [1.54, 1.807) is 13.4 Å². The lowest BCUT2D eigenvalue weighted by molar-refractivity contribution is 0.0746. The molecule has 0 aliphatic carbocycles. The highest BCUT2D eigenvalue weighted by Crippen LogP contribution is 2.37. The van der Waals surface area contributed by atoms with Crippen LogP contribution in [-0.2, 0) is 5.41 Å². The third-order valence-corrected chi connectivity index (χ3v) is 7.86. The summed E-state index contributed by atoms with van der Waals surface area (Å²) in [7, 11) is 1.67. The first-order valence-corrected chi connectivity index (χ1v) is 14.0. The van der Waals surface area contributed by atoms with Gasteiger partial charge >= 0.3 is 0 Å². The number of methoxy groups -OCH3 is 1. The Morgan fingerprint density at radius 1 is 0.829 bits per heavy atom. The number of nitrogens with zero attached hydrogens (tertiary/aromatic N) is 5. The van der Waals surface area contributed by atoms with Crippen LogP contribution in [0.4, 0.5) is 5.82 Å². The normalized spacial score (nSPS) is 14.0. The molecule has 0 unspecified atom stereocenters. The van der Waals surface area contributed by atoms with Gasteiger partial charge in [0.25, 0.3) is 5.91 Å². The predicted octanol–water partition coefficient (Wildman–Crippen LogP) is 6.36. The van der Waals surface area contributed by atoms with Crippen molar-refractivity contribution in [2.45, 2.75) is 26.2 Å². The van der Waals surface area contributed by atoms with Crippen LogP contribution in [0.5, 0.6) is 5.75 Å². The molecule has 7 nitrogen and oxygen atoms in total. The van der Waals surface area contributed by atoms with Crippen LogP contribution >= 0.6 is 0 Å². The molecule has 0 radical (unpaired) electrons. The summed E-state index contributed by atoms with van der Waals surface area (Å²) >= 11 is 0. The molecule has 3 aromatic carbocycles. The molecule has 0 spiro atoms. The number of carbonyl (C=O) groups excluding carboxylic acids is 1. The van der Waals surface area contributed by atoms with Crippen molar-refractivity contribution in [2.75, 3.05) is 38.2 Å². The number of hydrogen-bond acceptors (Lipinski definition) is 5. The molecular weight excluding hydrogens is 510 g/mol. The number of anilines is 1. The zero-order chi connectivity index (χ0) is 28.6. The first-order valence-electron chi connectivity index (χ1n) is 14.0. The van der Waals surface area contributed by atoms with Gasteiger partial charge in [0, 0.05) is 49.2 Å². The van der Waals surface area contributed by atoms with Gasteiger partial charge in [0.2, 0.25) is 0 Å². The van der Waals surface area contributed by atoms with E-state index in [2.05, 4.69) is 60.7 Å². The Bertz CT molecular complexity index is 1660. The summed E-state index contributed by atoms with van der Waals surface area (Å²) in [6, 6.07) is 26.4. The van der Waals surface area contributed by atoms with Gasteiger partial charge in [-0.3, -0.25) is 4.79 Å². The summed E-state index contributed by atoms with van der Waals surface area (Å²) in [5, 5.41) is 1.01. The van der Waals surface area contributed by atoms with E-state index in [0.29, 0.717) is 26.2 Å². The second kappa shape index (κ2) is 10.7. The molecule has 1 aliphatic rings. The third kappa shape index (κ3) is 5.15. The van der Waals surface area contributed by atoms with Crippen LogP contribution in [-0.4, -0.2) is 58.6 Å². The van der Waals surface area contributed by atoms with E-state index in [1.807, 2.05) is 59.5 Å². The summed E-state index contributed by atoms with van der Waals surface area (Å²) in [4.78, 5) is 27.1. The van der Waals surface area contributed by atoms with Crippen molar-refractivity contribution in [1.82, 2.24) is 19.4 Å². The first kappa shape index (κ1) is 26.6. The number of aromatic nitrogens is 3. The summed E-state index contributed by atoms with van der Waals surface area (Å²) in [6.45, 7) is 9.20. The van der Waals surface area contributed by atoms with E-state index in [9.17, 15) is 4.79 Å². The summed E-state index contributed by atoms with van der Waals surface area (Å²) in [5.41, 5.74) is 6.03. The van der Waals surface area contributed by atoms with Gasteiger partial charge in [-0.2, -0.15) is 0 Å². The molecule has 2 aromatic heterocycles. The van der Waals surface area contributed by atoms with Gasteiger partial charge < -0.3 is 19.1 Å². The molecule has 1 amide bonds. The Labute approximate surface area is 241 Å². The molecular formula is C34H35N5O2. The van der Waals surface area contributed by atoms with Crippen molar-refractivity contribution in [3.05, 3.63) is 103 Å². The number of benzene rings is 3. The largest absolute Gasteiger partial charge is 0.497 e. The molecule has 5 aromatic rings. The van der Waals surface area contributed by atoms with Gasteiger partial charge in [0.05, 0.1) is 12.5 Å². The number of piperazine rings is 1. The lowest BCUT2D eigenvalue weighted by Gasteiger charge is -2.35. The highest BCUT2D eigenvalue weighted by atomic mass is 16.5. The Morgan fingerprint density at radius 3 is 2.15 bits per heavy atom. The standard InChI is InChI=1S/C34H35N5O2/c1-34(2,3)26-12-10-25(11-13-26)33(40)38-20-18-37(19-21-38)31-30-29(24-8-6-5-7-9-24)22-39(32(30)36-23-35-31)27-14-16-28(41-4)17-15-27/h5-17,22-23H,18-21H2,1-4H3. The molecule has 1 aliphatic heterocycles. The van der Waals surface area contributed by atoms with Gasteiger partial charge in [-0.25, -0.2) is 9.97 Å². The fraction of sp³-hybridized carbons (Fsp3) is 0.265. The van der Waals surface area contributed by atoms with E-state index in [4.69, 9.17) is 14.7 Å². The highest BCUT2D eigenvalue weighted by molar-refractivity contribution is 6.02. The second-order valence-corrected chi connectivity index (χ2v) is 11.5. The number of amides is 1. The van der Waals surface area contributed by atoms with Crippen molar-refractivity contribution < 1.29 is 9.53 Å². The van der Waals surface area contributed by atoms with Gasteiger partial charge in [-0.05, 0) is 52.9 Å². The number of ether oxygens (including phenoxy) is 1.